The minimum atomic E-state index is -0.00417. The number of anilines is 1. The summed E-state index contributed by atoms with van der Waals surface area (Å²) < 4.78 is 0. The van der Waals surface area contributed by atoms with E-state index in [9.17, 15) is 4.79 Å². The molecule has 2 aromatic heterocycles. The molecule has 3 rings (SSSR count). The van der Waals surface area contributed by atoms with Crippen LogP contribution in [0.25, 0.3) is 11.4 Å². The Morgan fingerprint density at radius 3 is 2.83 bits per heavy atom. The van der Waals surface area contributed by atoms with Crippen molar-refractivity contribution >= 4 is 11.7 Å². The van der Waals surface area contributed by atoms with E-state index in [1.165, 1.54) is 12.8 Å². The Morgan fingerprint density at radius 2 is 2.13 bits per heavy atom. The lowest BCUT2D eigenvalue weighted by atomic mass is 10.2. The van der Waals surface area contributed by atoms with E-state index in [1.807, 2.05) is 26.0 Å². The van der Waals surface area contributed by atoms with Gasteiger partial charge in [-0.3, -0.25) is 9.78 Å². The quantitative estimate of drug-likeness (QED) is 0.854. The van der Waals surface area contributed by atoms with Gasteiger partial charge in [0.1, 0.15) is 5.82 Å². The third-order valence-corrected chi connectivity index (χ3v) is 4.01. The third kappa shape index (κ3) is 4.03. The molecule has 0 aliphatic heterocycles. The van der Waals surface area contributed by atoms with E-state index >= 15 is 0 Å². The smallest absolute Gasteiger partial charge is 0.239 e. The molecule has 2 heterocycles. The van der Waals surface area contributed by atoms with Crippen molar-refractivity contribution in [1.29, 1.82) is 0 Å². The van der Waals surface area contributed by atoms with Crippen molar-refractivity contribution in [2.45, 2.75) is 26.7 Å². The van der Waals surface area contributed by atoms with E-state index in [-0.39, 0.29) is 12.5 Å². The molecule has 120 valence electrons. The van der Waals surface area contributed by atoms with Gasteiger partial charge in [-0.1, -0.05) is 0 Å². The Kier molecular flexibility index (Phi) is 4.50. The van der Waals surface area contributed by atoms with Crippen LogP contribution in [0.2, 0.25) is 0 Å². The van der Waals surface area contributed by atoms with Crippen molar-refractivity contribution < 1.29 is 4.79 Å². The zero-order valence-electron chi connectivity index (χ0n) is 13.5. The van der Waals surface area contributed by atoms with Crippen molar-refractivity contribution in [1.82, 2.24) is 20.3 Å². The molecule has 23 heavy (non-hydrogen) atoms. The van der Waals surface area contributed by atoms with Gasteiger partial charge < -0.3 is 10.6 Å². The van der Waals surface area contributed by atoms with Crippen LogP contribution in [0.4, 0.5) is 5.82 Å². The fraction of sp³-hybridized carbons (Fsp3) is 0.412. The van der Waals surface area contributed by atoms with Crippen LogP contribution >= 0.6 is 0 Å². The first-order valence-corrected chi connectivity index (χ1v) is 7.89. The van der Waals surface area contributed by atoms with E-state index in [1.54, 1.807) is 12.4 Å². The van der Waals surface area contributed by atoms with Crippen LogP contribution in [-0.2, 0) is 4.79 Å². The molecule has 1 aliphatic carbocycles. The lowest BCUT2D eigenvalue weighted by molar-refractivity contribution is -0.119. The maximum Gasteiger partial charge on any atom is 0.239 e. The summed E-state index contributed by atoms with van der Waals surface area (Å²) in [6.45, 7) is 4.89. The predicted molar refractivity (Wildman–Crippen MR) is 89.0 cm³/mol. The Balaban J connectivity index is 1.70. The first kappa shape index (κ1) is 15.4. The van der Waals surface area contributed by atoms with E-state index in [0.717, 1.165) is 23.4 Å². The molecule has 0 aromatic carbocycles. The number of nitrogens with zero attached hydrogens (tertiary/aromatic N) is 3. The van der Waals surface area contributed by atoms with Gasteiger partial charge in [-0.2, -0.15) is 0 Å². The third-order valence-electron chi connectivity index (χ3n) is 4.01. The highest BCUT2D eigenvalue weighted by Crippen LogP contribution is 2.27. The Hall–Kier alpha value is -2.50. The SMILES string of the molecule is Cc1nc(-c2cccnc2)nc(NCC(=O)NCC2CC2)c1C. The standard InChI is InChI=1S/C17H21N5O/c1-11-12(2)21-17(14-4-3-7-18-9-14)22-16(11)20-10-15(23)19-8-13-5-6-13/h3-4,7,9,13H,5-6,8,10H2,1-2H3,(H,19,23)(H,20,21,22). The van der Waals surface area contributed by atoms with E-state index in [2.05, 4.69) is 25.6 Å². The molecule has 0 unspecified atom stereocenters. The van der Waals surface area contributed by atoms with Gasteiger partial charge in [0.05, 0.1) is 6.54 Å². The number of aryl methyl sites for hydroxylation is 1. The summed E-state index contributed by atoms with van der Waals surface area (Å²) in [5, 5.41) is 6.06. The minimum Gasteiger partial charge on any atom is -0.361 e. The maximum atomic E-state index is 11.9. The highest BCUT2D eigenvalue weighted by atomic mass is 16.1. The van der Waals surface area contributed by atoms with Crippen LogP contribution in [0.15, 0.2) is 24.5 Å². The normalized spacial score (nSPS) is 13.7. The van der Waals surface area contributed by atoms with Gasteiger partial charge in [-0.25, -0.2) is 9.97 Å². The summed E-state index contributed by atoms with van der Waals surface area (Å²) in [6.07, 6.45) is 5.91. The van der Waals surface area contributed by atoms with Crippen LogP contribution in [0.3, 0.4) is 0 Å². The molecule has 1 amide bonds. The van der Waals surface area contributed by atoms with Crippen molar-refractivity contribution in [2.24, 2.45) is 5.92 Å². The molecule has 6 nitrogen and oxygen atoms in total. The molecule has 2 N–H and O–H groups in total. The Bertz CT molecular complexity index is 698. The van der Waals surface area contributed by atoms with Crippen LogP contribution in [0.1, 0.15) is 24.1 Å². The molecular formula is C17H21N5O. The van der Waals surface area contributed by atoms with Crippen molar-refractivity contribution in [3.8, 4) is 11.4 Å². The number of amides is 1. The second-order valence-corrected chi connectivity index (χ2v) is 5.95. The molecule has 0 bridgehead atoms. The van der Waals surface area contributed by atoms with Gasteiger partial charge in [-0.15, -0.1) is 0 Å². The predicted octanol–water partition coefficient (Wildman–Crippen LogP) is 2.09. The summed E-state index contributed by atoms with van der Waals surface area (Å²) in [7, 11) is 0. The average molecular weight is 311 g/mol. The first-order chi connectivity index (χ1) is 11.1. The second-order valence-electron chi connectivity index (χ2n) is 5.95. The number of carbonyl (C=O) groups excluding carboxylic acids is 1. The summed E-state index contributed by atoms with van der Waals surface area (Å²) in [5.74, 6) is 1.98. The number of aromatic nitrogens is 3. The Morgan fingerprint density at radius 1 is 1.30 bits per heavy atom. The van der Waals surface area contributed by atoms with Crippen LogP contribution in [-0.4, -0.2) is 33.9 Å². The zero-order chi connectivity index (χ0) is 16.2. The lowest BCUT2D eigenvalue weighted by Crippen LogP contribution is -2.31. The highest BCUT2D eigenvalue weighted by molar-refractivity contribution is 5.80. The van der Waals surface area contributed by atoms with Crippen molar-refractivity contribution in [2.75, 3.05) is 18.4 Å². The molecule has 0 spiro atoms. The summed E-state index contributed by atoms with van der Waals surface area (Å²) in [4.78, 5) is 25.0. The van der Waals surface area contributed by atoms with Crippen LogP contribution < -0.4 is 10.6 Å². The monoisotopic (exact) mass is 311 g/mol. The van der Waals surface area contributed by atoms with E-state index in [4.69, 9.17) is 0 Å². The lowest BCUT2D eigenvalue weighted by Gasteiger charge is -2.12. The van der Waals surface area contributed by atoms with Crippen LogP contribution in [0.5, 0.6) is 0 Å². The topological polar surface area (TPSA) is 79.8 Å². The molecule has 1 aliphatic rings. The van der Waals surface area contributed by atoms with Gasteiger partial charge in [0.15, 0.2) is 5.82 Å². The van der Waals surface area contributed by atoms with E-state index < -0.39 is 0 Å². The first-order valence-electron chi connectivity index (χ1n) is 7.89. The van der Waals surface area contributed by atoms with E-state index in [0.29, 0.717) is 17.6 Å². The number of hydrogen-bond acceptors (Lipinski definition) is 5. The average Bonchev–Trinajstić information content (AvgIpc) is 3.39. The van der Waals surface area contributed by atoms with Gasteiger partial charge in [0.2, 0.25) is 5.91 Å². The summed E-state index contributed by atoms with van der Waals surface area (Å²) >= 11 is 0. The molecule has 0 atom stereocenters. The molecule has 6 heteroatoms. The molecule has 2 aromatic rings. The number of hydrogen-bond donors (Lipinski definition) is 2. The van der Waals surface area contributed by atoms with Gasteiger partial charge >= 0.3 is 0 Å². The van der Waals surface area contributed by atoms with Crippen molar-refractivity contribution in [3.05, 3.63) is 35.8 Å². The fourth-order valence-electron chi connectivity index (χ4n) is 2.23. The number of carbonyl (C=O) groups is 1. The van der Waals surface area contributed by atoms with Gasteiger partial charge in [0.25, 0.3) is 0 Å². The molecule has 1 saturated carbocycles. The second kappa shape index (κ2) is 6.73. The Labute approximate surface area is 135 Å². The largest absolute Gasteiger partial charge is 0.361 e. The zero-order valence-corrected chi connectivity index (χ0v) is 13.5. The van der Waals surface area contributed by atoms with Gasteiger partial charge in [-0.05, 0) is 44.7 Å². The van der Waals surface area contributed by atoms with Crippen molar-refractivity contribution in [3.63, 3.8) is 0 Å². The van der Waals surface area contributed by atoms with Crippen LogP contribution in [0, 0.1) is 19.8 Å². The fourth-order valence-corrected chi connectivity index (χ4v) is 2.23. The number of pyridine rings is 1. The summed E-state index contributed by atoms with van der Waals surface area (Å²) in [6, 6.07) is 3.77. The summed E-state index contributed by atoms with van der Waals surface area (Å²) in [5.41, 5.74) is 2.70. The van der Waals surface area contributed by atoms with Gasteiger partial charge in [0, 0.05) is 35.8 Å². The highest BCUT2D eigenvalue weighted by Gasteiger charge is 2.21. The number of nitrogens with one attached hydrogen (secondary N) is 2. The molecule has 0 radical (unpaired) electrons. The number of rotatable bonds is 6. The maximum absolute atomic E-state index is 11.9. The minimum absolute atomic E-state index is 0.00417. The molecule has 1 fully saturated rings. The molecule has 0 saturated heterocycles. The molecular weight excluding hydrogens is 290 g/mol.